The molecule has 0 spiro atoms. The van der Waals surface area contributed by atoms with Crippen molar-refractivity contribution in [1.82, 2.24) is 34.8 Å². The lowest BCUT2D eigenvalue weighted by Crippen LogP contribution is -2.41. The molecule has 19 nitrogen and oxygen atoms in total. The zero-order chi connectivity index (χ0) is 65.8. The number of fused-ring (bicyclic) bond motifs is 4. The van der Waals surface area contributed by atoms with E-state index in [1.807, 2.05) is 99.2 Å². The predicted molar refractivity (Wildman–Crippen MR) is 385 cm³/mol. The van der Waals surface area contributed by atoms with Crippen LogP contribution in [0.25, 0.3) is 89.2 Å². The van der Waals surface area contributed by atoms with Gasteiger partial charge in [-0.2, -0.15) is 10.2 Å². The van der Waals surface area contributed by atoms with Gasteiger partial charge in [0.05, 0.1) is 69.6 Å². The first-order valence-corrected chi connectivity index (χ1v) is 33.6. The Kier molecular flexibility index (Phi) is 20.5. The Bertz CT molecular complexity index is 5070. The summed E-state index contributed by atoms with van der Waals surface area (Å²) in [5, 5.41) is 14.5. The number of rotatable bonds is 13. The van der Waals surface area contributed by atoms with Crippen molar-refractivity contribution in [1.29, 1.82) is 0 Å². The second-order valence-corrected chi connectivity index (χ2v) is 28.0. The number of nitrogens with one attached hydrogen (secondary N) is 1. The minimum atomic E-state index is -3.68. The fourth-order valence-electron chi connectivity index (χ4n) is 10.5. The largest absolute Gasteiger partial charge is 0.497 e. The second-order valence-electron chi connectivity index (χ2n) is 22.8. The van der Waals surface area contributed by atoms with Crippen LogP contribution in [-0.2, 0) is 29.4 Å². The molecule has 0 unspecified atom stereocenters. The van der Waals surface area contributed by atoms with Gasteiger partial charge in [-0.15, -0.1) is 24.0 Å². The number of Topliss-reactive ketones (excluding diaryl/α,β-unsaturated/α-hetero) is 1. The molecule has 0 bridgehead atoms. The highest BCUT2D eigenvalue weighted by Crippen LogP contribution is 2.43. The molecule has 12 aromatic rings. The summed E-state index contributed by atoms with van der Waals surface area (Å²) < 4.78 is 109. The summed E-state index contributed by atoms with van der Waals surface area (Å²) in [6, 6.07) is 41.3. The van der Waals surface area contributed by atoms with Crippen LogP contribution in [0, 0.1) is 15.2 Å². The van der Waals surface area contributed by atoms with Gasteiger partial charge in [-0.1, -0.05) is 50.7 Å². The number of sulfonamides is 2. The SMILES string of the molecule is C.CCC(=O)c1c(-c2ccc(F)cc2)oc2cc(N(C)S(C)(=O)=O)c(B3OC(C)(C)C(C)(C)O3)cc12.CNC(=O)c1c(-c2ccc(F)cc2)oc2cc(N(C)S(C)(=O)=O)c(-c3ccnc(-n4ncc5ccccc54)c3)cc12.I.Ic1ccnc(-n2ncc3ccccc32)c1. The molecule has 94 heavy (non-hydrogen) atoms. The molecule has 13 rings (SSSR count). The average Bonchev–Trinajstić information content (AvgIpc) is 1.57. The number of hydrogen-bond donors (Lipinski definition) is 1. The number of ketones is 1. The first-order valence-electron chi connectivity index (χ1n) is 28.8. The number of nitrogens with zero attached hydrogens (tertiary/aromatic N) is 8. The monoisotopic (exact) mass is 1540 g/mol. The third kappa shape index (κ3) is 13.9. The Hall–Kier alpha value is -8.42. The number of furan rings is 2. The number of hydrogen-bond acceptors (Lipinski definition) is 14. The molecule has 0 aliphatic carbocycles. The molecular formula is C68H66BF2I2N9O10S2. The van der Waals surface area contributed by atoms with E-state index in [0.29, 0.717) is 78.2 Å². The third-order valence-corrected chi connectivity index (χ3v) is 19.3. The summed E-state index contributed by atoms with van der Waals surface area (Å²) in [6.45, 7) is 9.37. The molecule has 1 aliphatic rings. The van der Waals surface area contributed by atoms with Crippen molar-refractivity contribution >= 4 is 146 Å². The highest BCUT2D eigenvalue weighted by molar-refractivity contribution is 14.1. The molecule has 6 aromatic heterocycles. The summed E-state index contributed by atoms with van der Waals surface area (Å²) in [5.74, 6) is 0.519. The van der Waals surface area contributed by atoms with Crippen LogP contribution in [0.4, 0.5) is 20.2 Å². The molecule has 0 saturated carbocycles. The Morgan fingerprint density at radius 3 is 1.56 bits per heavy atom. The molecule has 486 valence electrons. The van der Waals surface area contributed by atoms with Crippen molar-refractivity contribution in [3.63, 3.8) is 0 Å². The lowest BCUT2D eigenvalue weighted by Gasteiger charge is -2.32. The highest BCUT2D eigenvalue weighted by Gasteiger charge is 2.53. The number of halogens is 4. The predicted octanol–water partition coefficient (Wildman–Crippen LogP) is 14.2. The summed E-state index contributed by atoms with van der Waals surface area (Å²) in [4.78, 5) is 35.0. The summed E-state index contributed by atoms with van der Waals surface area (Å²) in [6.07, 6.45) is 9.45. The van der Waals surface area contributed by atoms with E-state index in [1.54, 1.807) is 66.6 Å². The third-order valence-electron chi connectivity index (χ3n) is 16.2. The first kappa shape index (κ1) is 69.9. The number of anilines is 2. The van der Waals surface area contributed by atoms with Gasteiger partial charge in [0.15, 0.2) is 17.4 Å². The molecular weight excluding hydrogens is 1470 g/mol. The number of carbonyl (C=O) groups is 2. The van der Waals surface area contributed by atoms with Crippen LogP contribution < -0.4 is 19.4 Å². The van der Waals surface area contributed by atoms with Crippen molar-refractivity contribution in [2.75, 3.05) is 42.3 Å². The van der Waals surface area contributed by atoms with Gasteiger partial charge in [0.1, 0.15) is 34.3 Å². The maximum absolute atomic E-state index is 13.7. The zero-order valence-electron chi connectivity index (χ0n) is 52.0. The summed E-state index contributed by atoms with van der Waals surface area (Å²) in [7, 11) is -3.81. The molecule has 1 aliphatic heterocycles. The number of benzene rings is 6. The second kappa shape index (κ2) is 27.5. The van der Waals surface area contributed by atoms with Crippen molar-refractivity contribution in [3.8, 4) is 45.4 Å². The van der Waals surface area contributed by atoms with E-state index in [1.165, 1.54) is 69.7 Å². The van der Waals surface area contributed by atoms with Gasteiger partial charge in [0.2, 0.25) is 20.0 Å². The number of para-hydroxylation sites is 2. The van der Waals surface area contributed by atoms with Crippen LogP contribution >= 0.6 is 46.6 Å². The van der Waals surface area contributed by atoms with Crippen molar-refractivity contribution < 1.29 is 53.3 Å². The van der Waals surface area contributed by atoms with Gasteiger partial charge < -0.3 is 23.5 Å². The van der Waals surface area contributed by atoms with Gasteiger partial charge in [-0.3, -0.25) is 18.2 Å². The van der Waals surface area contributed by atoms with E-state index in [2.05, 4.69) is 48.1 Å². The maximum atomic E-state index is 13.7. The van der Waals surface area contributed by atoms with E-state index in [0.717, 1.165) is 52.3 Å². The smallest absolute Gasteiger partial charge is 0.455 e. The van der Waals surface area contributed by atoms with E-state index in [4.69, 9.17) is 18.1 Å². The van der Waals surface area contributed by atoms with Crippen molar-refractivity contribution in [3.05, 3.63) is 197 Å². The lowest BCUT2D eigenvalue weighted by atomic mass is 9.76. The highest BCUT2D eigenvalue weighted by atomic mass is 127. The van der Waals surface area contributed by atoms with E-state index in [9.17, 15) is 35.2 Å². The van der Waals surface area contributed by atoms with Crippen LogP contribution in [0.3, 0.4) is 0 Å². The van der Waals surface area contributed by atoms with E-state index < -0.39 is 55.9 Å². The number of aromatic nitrogens is 6. The van der Waals surface area contributed by atoms with Crippen LogP contribution in [0.1, 0.15) is 69.2 Å². The van der Waals surface area contributed by atoms with Gasteiger partial charge >= 0.3 is 7.12 Å². The van der Waals surface area contributed by atoms with Crippen LogP contribution in [0.5, 0.6) is 0 Å². The van der Waals surface area contributed by atoms with Gasteiger partial charge in [0.25, 0.3) is 5.91 Å². The van der Waals surface area contributed by atoms with Crippen LogP contribution in [0.2, 0.25) is 0 Å². The van der Waals surface area contributed by atoms with Crippen LogP contribution in [0.15, 0.2) is 179 Å². The van der Waals surface area contributed by atoms with Gasteiger partial charge in [-0.25, -0.2) is 44.9 Å². The van der Waals surface area contributed by atoms with E-state index in [-0.39, 0.29) is 54.9 Å². The Morgan fingerprint density at radius 2 is 1.07 bits per heavy atom. The lowest BCUT2D eigenvalue weighted by molar-refractivity contribution is 0.00578. The summed E-state index contributed by atoms with van der Waals surface area (Å²) in [5.41, 5.74) is 5.16. The topological polar surface area (TPSA) is 227 Å². The van der Waals surface area contributed by atoms with Gasteiger partial charge in [-0.05, 0) is 153 Å². The Morgan fingerprint density at radius 1 is 0.617 bits per heavy atom. The standard InChI is InChI=1S/C30H24FN5O4S.C25H29BFNO6S.C12H8IN3.CH4.HI/c1-32-30(37)28-23-15-22(19-12-13-33-27(14-19)36-24-7-5-4-6-20(24)17-34-36)25(35(2)41(3,38)39)16-26(23)40-29(28)18-8-10-21(31)11-9-18;1-8-20(29)22-17-13-18(26-33-24(2,3)25(4,5)34-26)19(28(6)35(7,30)31)14-21(17)32-23(22)15-9-11-16(27)12-10-15;13-10-5-6-14-12(7-10)16-11-4-2-1-3-9(11)8-15-16;;/h4-17H,1-3H3,(H,32,37);9-14H,8H2,1-7H3;1-8H;1H4;1H. The normalized spacial score (nSPS) is 13.4. The van der Waals surface area contributed by atoms with Gasteiger partial charge in [0, 0.05) is 99.4 Å². The fourth-order valence-corrected chi connectivity index (χ4v) is 12.0. The molecule has 7 heterocycles. The molecule has 1 amide bonds. The number of amides is 1. The minimum Gasteiger partial charge on any atom is -0.455 e. The molecule has 1 N–H and O–H groups in total. The van der Waals surface area contributed by atoms with Crippen molar-refractivity contribution in [2.24, 2.45) is 0 Å². The molecule has 1 saturated heterocycles. The molecule has 0 atom stereocenters. The molecule has 26 heteroatoms. The summed E-state index contributed by atoms with van der Waals surface area (Å²) >= 11 is 2.27. The Labute approximate surface area is 573 Å². The minimum absolute atomic E-state index is 0. The number of pyridine rings is 2. The first-order chi connectivity index (χ1) is 43.7. The average molecular weight is 1540 g/mol. The number of carbonyl (C=O) groups excluding carboxylic acids is 2. The molecule has 6 aromatic carbocycles. The fraction of sp³-hybridized carbons (Fsp3) is 0.206. The van der Waals surface area contributed by atoms with E-state index >= 15 is 0 Å². The zero-order valence-corrected chi connectivity index (χ0v) is 58.1. The molecule has 0 radical (unpaired) electrons. The quantitative estimate of drug-likeness (QED) is 0.0643. The maximum Gasteiger partial charge on any atom is 0.497 e. The molecule has 1 fully saturated rings. The van der Waals surface area contributed by atoms with Crippen LogP contribution in [-0.4, -0.2) is 110 Å². The Balaban J connectivity index is 0.000000178. The van der Waals surface area contributed by atoms with Crippen molar-refractivity contribution in [2.45, 2.75) is 59.7 Å².